The Balaban J connectivity index is 1.43. The third-order valence-electron chi connectivity index (χ3n) is 4.20. The van der Waals surface area contributed by atoms with Crippen molar-refractivity contribution in [3.8, 4) is 0 Å². The van der Waals surface area contributed by atoms with E-state index in [1.165, 1.54) is 6.20 Å². The number of aryl methyl sites for hydroxylation is 1. The summed E-state index contributed by atoms with van der Waals surface area (Å²) in [6, 6.07) is 8.66. The molecule has 0 atom stereocenters. The summed E-state index contributed by atoms with van der Waals surface area (Å²) in [6.07, 6.45) is 6.69. The van der Waals surface area contributed by atoms with Crippen molar-refractivity contribution in [3.63, 3.8) is 0 Å². The molecule has 9 heteroatoms. The number of H-pyrrole nitrogens is 1. The van der Waals surface area contributed by atoms with Gasteiger partial charge in [0.2, 0.25) is 5.91 Å². The van der Waals surface area contributed by atoms with Gasteiger partial charge >= 0.3 is 0 Å². The average Bonchev–Trinajstić information content (AvgIpc) is 3.30. The van der Waals surface area contributed by atoms with Crippen LogP contribution >= 0.6 is 0 Å². The molecule has 0 spiro atoms. The summed E-state index contributed by atoms with van der Waals surface area (Å²) in [5, 5.41) is 13.0. The Morgan fingerprint density at radius 1 is 1.11 bits per heavy atom. The zero-order valence-corrected chi connectivity index (χ0v) is 15.0. The molecule has 0 aliphatic carbocycles. The van der Waals surface area contributed by atoms with Crippen molar-refractivity contribution in [3.05, 3.63) is 66.5 Å². The number of anilines is 2. The van der Waals surface area contributed by atoms with Crippen LogP contribution in [0.25, 0.3) is 11.0 Å². The maximum Gasteiger partial charge on any atom is 0.257 e. The van der Waals surface area contributed by atoms with Crippen LogP contribution in [0.3, 0.4) is 0 Å². The molecule has 2 amide bonds. The number of hydrogen-bond acceptors (Lipinski definition) is 5. The fourth-order valence-corrected chi connectivity index (χ4v) is 2.75. The molecule has 0 fully saturated rings. The highest BCUT2D eigenvalue weighted by molar-refractivity contribution is 6.06. The maximum absolute atomic E-state index is 12.5. The second-order valence-electron chi connectivity index (χ2n) is 6.25. The highest BCUT2D eigenvalue weighted by Gasteiger charge is 2.11. The summed E-state index contributed by atoms with van der Waals surface area (Å²) in [5.74, 6) is 0.184. The number of rotatable bonds is 5. The highest BCUT2D eigenvalue weighted by Crippen LogP contribution is 2.17. The third-order valence-corrected chi connectivity index (χ3v) is 4.20. The third kappa shape index (κ3) is 3.73. The van der Waals surface area contributed by atoms with Crippen molar-refractivity contribution >= 4 is 34.2 Å². The summed E-state index contributed by atoms with van der Waals surface area (Å²) in [5.41, 5.74) is 2.18. The summed E-state index contributed by atoms with van der Waals surface area (Å²) < 4.78 is 1.79. The van der Waals surface area contributed by atoms with E-state index in [9.17, 15) is 9.59 Å². The minimum atomic E-state index is -0.299. The van der Waals surface area contributed by atoms with E-state index in [0.717, 1.165) is 5.39 Å². The number of pyridine rings is 1. The Hall–Kier alpha value is -4.01. The zero-order chi connectivity index (χ0) is 19.5. The van der Waals surface area contributed by atoms with E-state index in [2.05, 4.69) is 30.8 Å². The minimum Gasteiger partial charge on any atom is -0.338 e. The molecule has 28 heavy (non-hydrogen) atoms. The molecule has 0 unspecified atom stereocenters. The van der Waals surface area contributed by atoms with Crippen LogP contribution in [-0.4, -0.2) is 36.5 Å². The van der Waals surface area contributed by atoms with Gasteiger partial charge in [-0.25, -0.2) is 9.97 Å². The van der Waals surface area contributed by atoms with Gasteiger partial charge in [-0.15, -0.1) is 0 Å². The molecule has 0 radical (unpaired) electrons. The molecule has 0 bridgehead atoms. The van der Waals surface area contributed by atoms with Gasteiger partial charge in [0.25, 0.3) is 5.91 Å². The second-order valence-corrected chi connectivity index (χ2v) is 6.25. The molecule has 0 aliphatic heterocycles. The number of fused-ring (bicyclic) bond motifs is 1. The van der Waals surface area contributed by atoms with Gasteiger partial charge in [0.1, 0.15) is 5.82 Å². The molecule has 0 saturated carbocycles. The smallest absolute Gasteiger partial charge is 0.257 e. The molecular weight excluding hydrogens is 358 g/mol. The van der Waals surface area contributed by atoms with Crippen LogP contribution in [0.2, 0.25) is 0 Å². The number of amides is 2. The van der Waals surface area contributed by atoms with E-state index >= 15 is 0 Å². The lowest BCUT2D eigenvalue weighted by molar-refractivity contribution is -0.115. The summed E-state index contributed by atoms with van der Waals surface area (Å²) in [6.45, 7) is 0. The van der Waals surface area contributed by atoms with Crippen molar-refractivity contribution in [1.29, 1.82) is 0 Å². The monoisotopic (exact) mass is 375 g/mol. The van der Waals surface area contributed by atoms with Crippen molar-refractivity contribution in [2.24, 2.45) is 7.05 Å². The van der Waals surface area contributed by atoms with Crippen molar-refractivity contribution in [2.45, 2.75) is 6.42 Å². The lowest BCUT2D eigenvalue weighted by atomic mass is 10.2. The Kier molecular flexibility index (Phi) is 4.55. The van der Waals surface area contributed by atoms with Crippen LogP contribution in [-0.2, 0) is 18.3 Å². The van der Waals surface area contributed by atoms with Crippen LogP contribution in [0.5, 0.6) is 0 Å². The first-order valence-corrected chi connectivity index (χ1v) is 8.55. The van der Waals surface area contributed by atoms with Gasteiger partial charge in [0, 0.05) is 42.4 Å². The highest BCUT2D eigenvalue weighted by atomic mass is 16.2. The van der Waals surface area contributed by atoms with E-state index in [-0.39, 0.29) is 18.2 Å². The topological polar surface area (TPSA) is 118 Å². The van der Waals surface area contributed by atoms with Gasteiger partial charge in [-0.3, -0.25) is 14.7 Å². The van der Waals surface area contributed by atoms with Crippen LogP contribution in [0.1, 0.15) is 16.2 Å². The molecule has 0 aliphatic rings. The van der Waals surface area contributed by atoms with E-state index in [4.69, 9.17) is 0 Å². The number of imidazole rings is 1. The number of aromatic amines is 1. The molecule has 3 aromatic heterocycles. The van der Waals surface area contributed by atoms with Crippen molar-refractivity contribution < 1.29 is 9.59 Å². The Morgan fingerprint density at radius 2 is 1.93 bits per heavy atom. The normalized spacial score (nSPS) is 10.8. The fourth-order valence-electron chi connectivity index (χ4n) is 2.75. The van der Waals surface area contributed by atoms with Crippen LogP contribution in [0.4, 0.5) is 11.4 Å². The Bertz CT molecular complexity index is 1160. The number of aromatic nitrogens is 5. The van der Waals surface area contributed by atoms with E-state index < -0.39 is 0 Å². The standard InChI is InChI=1S/C19H17N7O2/c1-26-6-5-20-16(26)9-17(27)23-14-3-2-4-15(8-14)24-19(28)13-7-12-11-22-25-18(12)21-10-13/h2-8,10-11H,9H2,1H3,(H,23,27)(H,24,28)(H,21,22,25). The van der Waals surface area contributed by atoms with Crippen molar-refractivity contribution in [2.75, 3.05) is 10.6 Å². The SMILES string of the molecule is Cn1ccnc1CC(=O)Nc1cccc(NC(=O)c2cnc3[nH]ncc3c2)c1. The first-order valence-electron chi connectivity index (χ1n) is 8.55. The summed E-state index contributed by atoms with van der Waals surface area (Å²) in [7, 11) is 1.83. The maximum atomic E-state index is 12.5. The van der Waals surface area contributed by atoms with Gasteiger partial charge < -0.3 is 15.2 Å². The number of carbonyl (C=O) groups is 2. The minimum absolute atomic E-state index is 0.163. The second kappa shape index (κ2) is 7.31. The van der Waals surface area contributed by atoms with Gasteiger partial charge in [-0.05, 0) is 24.3 Å². The average molecular weight is 375 g/mol. The molecule has 0 saturated heterocycles. The van der Waals surface area contributed by atoms with Gasteiger partial charge in [0.15, 0.2) is 5.65 Å². The molecule has 140 valence electrons. The quantitative estimate of drug-likeness (QED) is 0.494. The number of nitrogens with one attached hydrogen (secondary N) is 3. The van der Waals surface area contributed by atoms with Gasteiger partial charge in [-0.2, -0.15) is 5.10 Å². The molecule has 4 aromatic rings. The molecule has 9 nitrogen and oxygen atoms in total. The molecule has 3 N–H and O–H groups in total. The number of benzene rings is 1. The number of hydrogen-bond donors (Lipinski definition) is 3. The fraction of sp³-hybridized carbons (Fsp3) is 0.105. The molecule has 1 aromatic carbocycles. The lowest BCUT2D eigenvalue weighted by Gasteiger charge is -2.09. The van der Waals surface area contributed by atoms with Gasteiger partial charge in [-0.1, -0.05) is 6.07 Å². The summed E-state index contributed by atoms with van der Waals surface area (Å²) >= 11 is 0. The Labute approximate surface area is 159 Å². The molecule has 4 rings (SSSR count). The Morgan fingerprint density at radius 3 is 2.71 bits per heavy atom. The largest absolute Gasteiger partial charge is 0.338 e. The van der Waals surface area contributed by atoms with E-state index in [1.807, 2.05) is 7.05 Å². The molecule has 3 heterocycles. The number of carbonyl (C=O) groups excluding carboxylic acids is 2. The predicted molar refractivity (Wildman–Crippen MR) is 104 cm³/mol. The van der Waals surface area contributed by atoms with Gasteiger partial charge in [0.05, 0.1) is 18.2 Å². The zero-order valence-electron chi connectivity index (χ0n) is 15.0. The lowest BCUT2D eigenvalue weighted by Crippen LogP contribution is -2.17. The predicted octanol–water partition coefficient (Wildman–Crippen LogP) is 2.12. The van der Waals surface area contributed by atoms with Crippen LogP contribution in [0, 0.1) is 0 Å². The van der Waals surface area contributed by atoms with E-state index in [0.29, 0.717) is 28.4 Å². The molecular formula is C19H17N7O2. The van der Waals surface area contributed by atoms with Crippen molar-refractivity contribution in [1.82, 2.24) is 24.7 Å². The number of nitrogens with zero attached hydrogens (tertiary/aromatic N) is 4. The van der Waals surface area contributed by atoms with Crippen LogP contribution < -0.4 is 10.6 Å². The van der Waals surface area contributed by atoms with E-state index in [1.54, 1.807) is 53.5 Å². The van der Waals surface area contributed by atoms with Crippen LogP contribution in [0.15, 0.2) is 55.1 Å². The summed E-state index contributed by atoms with van der Waals surface area (Å²) in [4.78, 5) is 33.0. The first-order chi connectivity index (χ1) is 13.6. The first kappa shape index (κ1) is 17.4.